The van der Waals surface area contributed by atoms with E-state index in [2.05, 4.69) is 15.6 Å². The fourth-order valence-electron chi connectivity index (χ4n) is 4.41. The van der Waals surface area contributed by atoms with Gasteiger partial charge in [-0.2, -0.15) is 0 Å². The number of anilines is 1. The Bertz CT molecular complexity index is 1470. The van der Waals surface area contributed by atoms with Crippen LogP contribution in [0.5, 0.6) is 5.75 Å². The number of rotatable bonds is 10. The molecular weight excluding hydrogens is 583 g/mol. The number of nitrogens with zero attached hydrogens (tertiary/aromatic N) is 2. The normalized spacial score (nSPS) is 12.8. The molecule has 6 N–H and O–H groups in total. The molecule has 42 heavy (non-hydrogen) atoms. The molecule has 1 atom stereocenters. The lowest BCUT2D eigenvalue weighted by molar-refractivity contribution is -0.142. The van der Waals surface area contributed by atoms with E-state index in [4.69, 9.17) is 44.1 Å². The highest BCUT2D eigenvalue weighted by Crippen LogP contribution is 2.35. The van der Waals surface area contributed by atoms with Crippen molar-refractivity contribution in [2.45, 2.75) is 12.5 Å². The van der Waals surface area contributed by atoms with Crippen LogP contribution in [0, 0.1) is 0 Å². The molecule has 13 heteroatoms. The van der Waals surface area contributed by atoms with Crippen molar-refractivity contribution in [2.75, 3.05) is 38.3 Å². The lowest BCUT2D eigenvalue weighted by Gasteiger charge is -2.31. The van der Waals surface area contributed by atoms with Crippen molar-refractivity contribution in [3.63, 3.8) is 0 Å². The number of carbonyl (C=O) groups is 3. The number of fused-ring (bicyclic) bond motifs is 1. The summed E-state index contributed by atoms with van der Waals surface area (Å²) in [5.74, 6) is -1.19. The number of nitrogens with two attached hydrogens (primary N) is 2. The average molecular weight is 614 g/mol. The molecule has 1 aliphatic rings. The van der Waals surface area contributed by atoms with Crippen molar-refractivity contribution in [2.24, 2.45) is 16.5 Å². The zero-order valence-electron chi connectivity index (χ0n) is 22.7. The lowest BCUT2D eigenvalue weighted by atomic mass is 10.0. The molecule has 0 radical (unpaired) electrons. The number of nitrogens with one attached hydrogen (secondary N) is 2. The van der Waals surface area contributed by atoms with E-state index in [9.17, 15) is 14.4 Å². The third-order valence-electron chi connectivity index (χ3n) is 6.44. The largest absolute Gasteiger partial charge is 0.490 e. The Balaban J connectivity index is 1.38. The van der Waals surface area contributed by atoms with Crippen molar-refractivity contribution in [3.05, 3.63) is 76.3 Å². The first-order valence-electron chi connectivity index (χ1n) is 13.0. The molecule has 1 aliphatic heterocycles. The maximum absolute atomic E-state index is 13.1. The maximum atomic E-state index is 13.1. The smallest absolute Gasteiger partial charge is 0.330 e. The van der Waals surface area contributed by atoms with Gasteiger partial charge in [-0.1, -0.05) is 53.5 Å². The predicted molar refractivity (Wildman–Crippen MR) is 162 cm³/mol. The van der Waals surface area contributed by atoms with Crippen LogP contribution in [0.15, 0.2) is 65.7 Å². The van der Waals surface area contributed by atoms with Crippen molar-refractivity contribution in [1.29, 1.82) is 0 Å². The Kier molecular flexibility index (Phi) is 10.1. The molecule has 2 amide bonds. The number of guanidine groups is 1. The van der Waals surface area contributed by atoms with Crippen molar-refractivity contribution < 1.29 is 23.9 Å². The number of esters is 1. The second kappa shape index (κ2) is 13.9. The van der Waals surface area contributed by atoms with Gasteiger partial charge >= 0.3 is 5.97 Å². The van der Waals surface area contributed by atoms with Crippen molar-refractivity contribution >= 4 is 58.3 Å². The zero-order chi connectivity index (χ0) is 30.2. The molecule has 0 unspecified atom stereocenters. The summed E-state index contributed by atoms with van der Waals surface area (Å²) >= 11 is 12.9. The fourth-order valence-corrected chi connectivity index (χ4v) is 5.06. The number of hydrogen-bond acceptors (Lipinski definition) is 7. The molecule has 0 fully saturated rings. The van der Waals surface area contributed by atoms with Crippen LogP contribution in [-0.4, -0.2) is 63.1 Å². The van der Waals surface area contributed by atoms with Gasteiger partial charge < -0.3 is 36.5 Å². The second-order valence-electron chi connectivity index (χ2n) is 9.31. The summed E-state index contributed by atoms with van der Waals surface area (Å²) in [7, 11) is 1.18. The van der Waals surface area contributed by atoms with Crippen LogP contribution in [0.2, 0.25) is 10.0 Å². The molecular formula is C29H30Cl2N6O5. The predicted octanol–water partition coefficient (Wildman–Crippen LogP) is 3.24. The van der Waals surface area contributed by atoms with Crippen LogP contribution >= 0.6 is 23.2 Å². The number of aliphatic imine (C=N–C) groups is 1. The van der Waals surface area contributed by atoms with Gasteiger partial charge in [-0.15, -0.1) is 0 Å². The highest BCUT2D eigenvalue weighted by Gasteiger charge is 2.26. The molecule has 0 aromatic heterocycles. The van der Waals surface area contributed by atoms with E-state index in [0.717, 1.165) is 16.8 Å². The number of carbonyl (C=O) groups excluding carboxylic acids is 3. The fraction of sp³-hybridized carbons (Fsp3) is 0.241. The molecule has 0 spiro atoms. The standard InChI is InChI=1S/C29H30Cl2N6O5/c1-41-28(40)22(36-27(39)26-20(30)13-18(14-21(26)31)17-5-3-2-4-6-17)16-34-25(38)9-10-37-11-12-42-24-8-7-19(15-23(24)37)35-29(32)33/h2-8,13-15,22H,9-12,16H2,1H3,(H,34,38)(H,36,39)(H4,32,33,35)/t22-/m0/s1. The Morgan fingerprint density at radius 2 is 1.76 bits per heavy atom. The summed E-state index contributed by atoms with van der Waals surface area (Å²) in [5.41, 5.74) is 13.9. The van der Waals surface area contributed by atoms with Crippen LogP contribution in [-0.2, 0) is 14.3 Å². The average Bonchev–Trinajstić information content (AvgIpc) is 2.97. The van der Waals surface area contributed by atoms with Gasteiger partial charge in [-0.25, -0.2) is 9.79 Å². The van der Waals surface area contributed by atoms with E-state index >= 15 is 0 Å². The minimum absolute atomic E-state index is 0.00400. The number of amides is 2. The number of ether oxygens (including phenoxy) is 2. The molecule has 220 valence electrons. The minimum atomic E-state index is -1.18. The summed E-state index contributed by atoms with van der Waals surface area (Å²) < 4.78 is 10.5. The molecule has 0 aliphatic carbocycles. The molecule has 3 aromatic rings. The highest BCUT2D eigenvalue weighted by atomic mass is 35.5. The first kappa shape index (κ1) is 30.5. The second-order valence-corrected chi connectivity index (χ2v) is 10.1. The van der Waals surface area contributed by atoms with Crippen LogP contribution in [0.4, 0.5) is 11.4 Å². The Morgan fingerprint density at radius 1 is 1.05 bits per heavy atom. The van der Waals surface area contributed by atoms with Gasteiger partial charge in [0.1, 0.15) is 18.4 Å². The van der Waals surface area contributed by atoms with E-state index in [1.54, 1.807) is 30.3 Å². The van der Waals surface area contributed by atoms with Gasteiger partial charge in [-0.3, -0.25) is 9.59 Å². The molecule has 11 nitrogen and oxygen atoms in total. The number of methoxy groups -OCH3 is 1. The van der Waals surface area contributed by atoms with Crippen LogP contribution in [0.1, 0.15) is 16.8 Å². The van der Waals surface area contributed by atoms with Crippen LogP contribution in [0.3, 0.4) is 0 Å². The summed E-state index contributed by atoms with van der Waals surface area (Å²) in [5, 5.41) is 5.47. The van der Waals surface area contributed by atoms with Crippen LogP contribution < -0.4 is 31.7 Å². The minimum Gasteiger partial charge on any atom is -0.490 e. The first-order valence-corrected chi connectivity index (χ1v) is 13.7. The Morgan fingerprint density at radius 3 is 2.43 bits per heavy atom. The summed E-state index contributed by atoms with van der Waals surface area (Å²) in [6, 6.07) is 16.7. The van der Waals surface area contributed by atoms with Gasteiger partial charge in [0.05, 0.1) is 40.6 Å². The summed E-state index contributed by atoms with van der Waals surface area (Å²) in [6.07, 6.45) is 0.104. The molecule has 0 bridgehead atoms. The summed E-state index contributed by atoms with van der Waals surface area (Å²) in [4.78, 5) is 44.3. The van der Waals surface area contributed by atoms with E-state index in [0.29, 0.717) is 31.1 Å². The summed E-state index contributed by atoms with van der Waals surface area (Å²) in [6.45, 7) is 1.16. The Labute approximate surface area is 252 Å². The zero-order valence-corrected chi connectivity index (χ0v) is 24.2. The van der Waals surface area contributed by atoms with Gasteiger partial charge in [0, 0.05) is 19.5 Å². The van der Waals surface area contributed by atoms with E-state index in [-0.39, 0.29) is 40.4 Å². The third kappa shape index (κ3) is 7.62. The van der Waals surface area contributed by atoms with E-state index in [1.165, 1.54) is 7.11 Å². The molecule has 3 aromatic carbocycles. The van der Waals surface area contributed by atoms with Gasteiger partial charge in [0.2, 0.25) is 5.91 Å². The van der Waals surface area contributed by atoms with Crippen LogP contribution in [0.25, 0.3) is 11.1 Å². The van der Waals surface area contributed by atoms with Crippen molar-refractivity contribution in [1.82, 2.24) is 10.6 Å². The molecule has 1 heterocycles. The molecule has 0 saturated heterocycles. The quantitative estimate of drug-likeness (QED) is 0.154. The first-order chi connectivity index (χ1) is 20.2. The van der Waals surface area contributed by atoms with E-state index < -0.39 is 17.9 Å². The SMILES string of the molecule is COC(=O)[C@H](CNC(=O)CCN1CCOc2ccc(N=C(N)N)cc21)NC(=O)c1c(Cl)cc(-c2ccccc2)cc1Cl. The molecule has 0 saturated carbocycles. The lowest BCUT2D eigenvalue weighted by Crippen LogP contribution is -2.49. The number of benzene rings is 3. The Hall–Kier alpha value is -4.48. The topological polar surface area (TPSA) is 161 Å². The monoisotopic (exact) mass is 612 g/mol. The van der Waals surface area contributed by atoms with Gasteiger partial charge in [0.25, 0.3) is 5.91 Å². The number of hydrogen-bond donors (Lipinski definition) is 4. The van der Waals surface area contributed by atoms with Gasteiger partial charge in [0.15, 0.2) is 5.96 Å². The highest BCUT2D eigenvalue weighted by molar-refractivity contribution is 6.40. The van der Waals surface area contributed by atoms with E-state index in [1.807, 2.05) is 35.2 Å². The third-order valence-corrected chi connectivity index (χ3v) is 7.04. The number of halogens is 2. The van der Waals surface area contributed by atoms with Gasteiger partial charge in [-0.05, 0) is 41.5 Å². The van der Waals surface area contributed by atoms with Crippen molar-refractivity contribution in [3.8, 4) is 16.9 Å². The molecule has 4 rings (SSSR count). The maximum Gasteiger partial charge on any atom is 0.330 e.